The van der Waals surface area contributed by atoms with Crippen molar-refractivity contribution in [3.05, 3.63) is 0 Å². The van der Waals surface area contributed by atoms with Crippen molar-refractivity contribution in [3.63, 3.8) is 0 Å². The van der Waals surface area contributed by atoms with Gasteiger partial charge in [-0.15, -0.1) is 0 Å². The van der Waals surface area contributed by atoms with E-state index in [2.05, 4.69) is 10.1 Å². The zero-order valence-electron chi connectivity index (χ0n) is 10.4. The van der Waals surface area contributed by atoms with Gasteiger partial charge in [0.2, 0.25) is 5.91 Å². The molecule has 1 saturated carbocycles. The molecule has 0 heterocycles. The first kappa shape index (κ1) is 14.4. The van der Waals surface area contributed by atoms with Gasteiger partial charge >= 0.3 is 11.9 Å². The fourth-order valence-corrected chi connectivity index (χ4v) is 2.40. The Hall–Kier alpha value is -1.63. The Morgan fingerprint density at radius 3 is 2.44 bits per heavy atom. The Morgan fingerprint density at radius 1 is 1.39 bits per heavy atom. The second kappa shape index (κ2) is 5.81. The number of aliphatic carboxylic acids is 1. The van der Waals surface area contributed by atoms with Gasteiger partial charge in [-0.05, 0) is 6.42 Å². The van der Waals surface area contributed by atoms with Gasteiger partial charge in [-0.3, -0.25) is 14.4 Å². The number of carbonyl (C=O) groups excluding carboxylic acids is 2. The molecule has 0 aromatic heterocycles. The monoisotopic (exact) mass is 258 g/mol. The lowest BCUT2D eigenvalue weighted by molar-refractivity contribution is -0.147. The number of ether oxygens (including phenoxy) is 1. The molecule has 1 rings (SSSR count). The smallest absolute Gasteiger partial charge is 0.309 e. The number of rotatable bonds is 4. The number of carbonyl (C=O) groups is 3. The van der Waals surface area contributed by atoms with Crippen LogP contribution in [0, 0.1) is 17.8 Å². The number of hydrogen-bond acceptors (Lipinski definition) is 5. The SMILES string of the molecule is COC(=O)[C@@H]1C[C@H](C(=O)O)[C@@H](N)[C@H]1CNC(C)=O. The Labute approximate surface area is 105 Å². The minimum Gasteiger partial charge on any atom is -0.481 e. The van der Waals surface area contributed by atoms with Gasteiger partial charge in [0.15, 0.2) is 0 Å². The summed E-state index contributed by atoms with van der Waals surface area (Å²) in [5.74, 6) is -3.54. The average molecular weight is 258 g/mol. The van der Waals surface area contributed by atoms with Crippen LogP contribution < -0.4 is 11.1 Å². The van der Waals surface area contributed by atoms with Gasteiger partial charge in [-0.1, -0.05) is 0 Å². The molecule has 18 heavy (non-hydrogen) atoms. The van der Waals surface area contributed by atoms with Crippen molar-refractivity contribution in [1.82, 2.24) is 5.32 Å². The second-order valence-electron chi connectivity index (χ2n) is 4.49. The lowest BCUT2D eigenvalue weighted by Crippen LogP contribution is -2.43. The minimum atomic E-state index is -1.03. The number of carboxylic acids is 1. The second-order valence-corrected chi connectivity index (χ2v) is 4.49. The molecule has 0 aromatic rings. The molecule has 1 aliphatic rings. The zero-order chi connectivity index (χ0) is 13.9. The molecule has 7 heteroatoms. The first-order valence-electron chi connectivity index (χ1n) is 5.69. The van der Waals surface area contributed by atoms with E-state index in [1.54, 1.807) is 0 Å². The summed E-state index contributed by atoms with van der Waals surface area (Å²) in [7, 11) is 1.25. The topological polar surface area (TPSA) is 119 Å². The number of nitrogens with two attached hydrogens (primary N) is 1. The van der Waals surface area contributed by atoms with Crippen molar-refractivity contribution in [3.8, 4) is 0 Å². The van der Waals surface area contributed by atoms with E-state index in [1.807, 2.05) is 0 Å². The third-order valence-electron chi connectivity index (χ3n) is 3.39. The quantitative estimate of drug-likeness (QED) is 0.554. The van der Waals surface area contributed by atoms with E-state index in [0.717, 1.165) is 0 Å². The highest BCUT2D eigenvalue weighted by Gasteiger charge is 2.48. The van der Waals surface area contributed by atoms with Crippen LogP contribution in [0.4, 0.5) is 0 Å². The summed E-state index contributed by atoms with van der Waals surface area (Å²) in [6.07, 6.45) is 0.146. The van der Waals surface area contributed by atoms with Crippen molar-refractivity contribution in [1.29, 1.82) is 0 Å². The maximum absolute atomic E-state index is 11.6. The maximum atomic E-state index is 11.6. The lowest BCUT2D eigenvalue weighted by Gasteiger charge is -2.21. The Morgan fingerprint density at radius 2 is 2.00 bits per heavy atom. The summed E-state index contributed by atoms with van der Waals surface area (Å²) in [6, 6.07) is -0.668. The van der Waals surface area contributed by atoms with E-state index in [9.17, 15) is 14.4 Å². The van der Waals surface area contributed by atoms with Crippen LogP contribution in [-0.2, 0) is 19.1 Å². The van der Waals surface area contributed by atoms with Crippen LogP contribution in [0.25, 0.3) is 0 Å². The molecule has 0 unspecified atom stereocenters. The highest BCUT2D eigenvalue weighted by molar-refractivity contribution is 5.78. The van der Waals surface area contributed by atoms with Crippen molar-refractivity contribution < 1.29 is 24.2 Å². The van der Waals surface area contributed by atoms with E-state index in [-0.39, 0.29) is 18.9 Å². The van der Waals surface area contributed by atoms with Crippen LogP contribution in [-0.4, -0.2) is 42.6 Å². The fraction of sp³-hybridized carbons (Fsp3) is 0.727. The highest BCUT2D eigenvalue weighted by atomic mass is 16.5. The van der Waals surface area contributed by atoms with Crippen molar-refractivity contribution >= 4 is 17.8 Å². The highest BCUT2D eigenvalue weighted by Crippen LogP contribution is 2.36. The molecule has 102 valence electrons. The number of esters is 1. The third-order valence-corrected chi connectivity index (χ3v) is 3.39. The molecule has 0 aromatic carbocycles. The largest absolute Gasteiger partial charge is 0.481 e. The van der Waals surface area contributed by atoms with Crippen LogP contribution in [0.1, 0.15) is 13.3 Å². The molecule has 4 atom stereocenters. The molecular weight excluding hydrogens is 240 g/mol. The van der Waals surface area contributed by atoms with E-state index < -0.39 is 35.7 Å². The number of methoxy groups -OCH3 is 1. The average Bonchev–Trinajstić information content (AvgIpc) is 2.63. The first-order chi connectivity index (χ1) is 8.38. The molecule has 0 radical (unpaired) electrons. The summed E-state index contributed by atoms with van der Waals surface area (Å²) in [5.41, 5.74) is 5.85. The van der Waals surface area contributed by atoms with E-state index >= 15 is 0 Å². The fourth-order valence-electron chi connectivity index (χ4n) is 2.40. The van der Waals surface area contributed by atoms with E-state index in [0.29, 0.717) is 0 Å². The van der Waals surface area contributed by atoms with Gasteiger partial charge in [-0.25, -0.2) is 0 Å². The molecule has 1 fully saturated rings. The van der Waals surface area contributed by atoms with Crippen LogP contribution >= 0.6 is 0 Å². The molecule has 0 bridgehead atoms. The lowest BCUT2D eigenvalue weighted by atomic mass is 9.93. The molecule has 1 aliphatic carbocycles. The third kappa shape index (κ3) is 2.98. The number of nitrogens with one attached hydrogen (secondary N) is 1. The summed E-state index contributed by atoms with van der Waals surface area (Å²) in [4.78, 5) is 33.5. The van der Waals surface area contributed by atoms with Gasteiger partial charge in [0, 0.05) is 25.4 Å². The van der Waals surface area contributed by atoms with Gasteiger partial charge in [0.25, 0.3) is 0 Å². The van der Waals surface area contributed by atoms with Gasteiger partial charge in [0.05, 0.1) is 18.9 Å². The molecule has 7 nitrogen and oxygen atoms in total. The Balaban J connectivity index is 2.82. The van der Waals surface area contributed by atoms with Crippen LogP contribution in [0.5, 0.6) is 0 Å². The molecule has 0 spiro atoms. The predicted octanol–water partition coefficient (Wildman–Crippen LogP) is -1.04. The van der Waals surface area contributed by atoms with Crippen LogP contribution in [0.3, 0.4) is 0 Å². The maximum Gasteiger partial charge on any atom is 0.309 e. The summed E-state index contributed by atoms with van der Waals surface area (Å²) < 4.78 is 4.65. The molecule has 0 saturated heterocycles. The van der Waals surface area contributed by atoms with E-state index in [4.69, 9.17) is 10.8 Å². The summed E-state index contributed by atoms with van der Waals surface area (Å²) >= 11 is 0. The summed E-state index contributed by atoms with van der Waals surface area (Å²) in [5, 5.41) is 11.6. The molecule has 0 aliphatic heterocycles. The summed E-state index contributed by atoms with van der Waals surface area (Å²) in [6.45, 7) is 1.53. The van der Waals surface area contributed by atoms with Gasteiger partial charge < -0.3 is 20.9 Å². The molecule has 4 N–H and O–H groups in total. The van der Waals surface area contributed by atoms with Crippen molar-refractivity contribution in [2.45, 2.75) is 19.4 Å². The minimum absolute atomic E-state index is 0.146. The first-order valence-corrected chi connectivity index (χ1v) is 5.69. The van der Waals surface area contributed by atoms with Gasteiger partial charge in [-0.2, -0.15) is 0 Å². The van der Waals surface area contributed by atoms with Crippen LogP contribution in [0.15, 0.2) is 0 Å². The zero-order valence-corrected chi connectivity index (χ0v) is 10.4. The van der Waals surface area contributed by atoms with E-state index in [1.165, 1.54) is 14.0 Å². The standard InChI is InChI=1S/C11H18N2O5/c1-5(14)13-4-8-6(11(17)18-2)3-7(9(8)12)10(15)16/h6-9H,3-4,12H2,1-2H3,(H,13,14)(H,15,16)/t6-,7+,8+,9-/m1/s1. The van der Waals surface area contributed by atoms with Crippen LogP contribution in [0.2, 0.25) is 0 Å². The number of hydrogen-bond donors (Lipinski definition) is 3. The van der Waals surface area contributed by atoms with Crippen molar-refractivity contribution in [2.24, 2.45) is 23.5 Å². The molecule has 1 amide bonds. The van der Waals surface area contributed by atoms with Crippen molar-refractivity contribution in [2.75, 3.05) is 13.7 Å². The Kier molecular flexibility index (Phi) is 4.66. The molecular formula is C11H18N2O5. The Bertz CT molecular complexity index is 357. The number of carboxylic acid groups (broad SMARTS) is 1. The normalized spacial score (nSPS) is 30.8. The van der Waals surface area contributed by atoms with Gasteiger partial charge in [0.1, 0.15) is 0 Å². The predicted molar refractivity (Wildman–Crippen MR) is 61.4 cm³/mol. The number of amides is 1.